The van der Waals surface area contributed by atoms with Crippen molar-refractivity contribution in [2.24, 2.45) is 0 Å². The quantitative estimate of drug-likeness (QED) is 0.689. The van der Waals surface area contributed by atoms with Crippen LogP contribution in [0.1, 0.15) is 10.4 Å². The first kappa shape index (κ1) is 10.5. The van der Waals surface area contributed by atoms with Crippen LogP contribution in [0.5, 0.6) is 0 Å². The molecule has 1 amide bonds. The summed E-state index contributed by atoms with van der Waals surface area (Å²) < 4.78 is 9.54. The van der Waals surface area contributed by atoms with Crippen LogP contribution in [0.25, 0.3) is 11.0 Å². The molecule has 0 aliphatic rings. The summed E-state index contributed by atoms with van der Waals surface area (Å²) in [6.45, 7) is 0. The Morgan fingerprint density at radius 3 is 2.83 bits per heavy atom. The largest absolute Gasteiger partial charge is 0.470 e. The molecule has 3 rings (SSSR count). The van der Waals surface area contributed by atoms with Crippen molar-refractivity contribution in [2.45, 2.75) is 0 Å². The lowest BCUT2D eigenvalue weighted by atomic mass is 10.1. The van der Waals surface area contributed by atoms with E-state index >= 15 is 0 Å². The Morgan fingerprint density at radius 1 is 1.22 bits per heavy atom. The van der Waals surface area contributed by atoms with Crippen molar-refractivity contribution in [2.75, 3.05) is 11.9 Å². The molecule has 0 saturated heterocycles. The predicted molar refractivity (Wildman–Crippen MR) is 63.2 cm³/mol. The number of carbonyl (C=O) groups is 1. The van der Waals surface area contributed by atoms with E-state index in [1.807, 2.05) is 0 Å². The van der Waals surface area contributed by atoms with Crippen LogP contribution in [-0.2, 0) is 0 Å². The number of fused-ring (bicyclic) bond motifs is 1. The number of nitrogens with zero attached hydrogens (tertiary/aromatic N) is 3. The predicted octanol–water partition coefficient (Wildman–Crippen LogP) is 2.09. The Bertz CT molecular complexity index is 687. The second-order valence-corrected chi connectivity index (χ2v) is 3.81. The maximum Gasteiger partial charge on any atom is 0.258 e. The molecule has 0 atom stereocenters. The number of furan rings is 1. The van der Waals surface area contributed by atoms with Gasteiger partial charge < -0.3 is 9.32 Å². The van der Waals surface area contributed by atoms with E-state index in [9.17, 15) is 4.79 Å². The lowest BCUT2D eigenvalue weighted by Gasteiger charge is -2.14. The van der Waals surface area contributed by atoms with Crippen LogP contribution in [-0.4, -0.2) is 23.3 Å². The number of benzene rings is 1. The van der Waals surface area contributed by atoms with Crippen molar-refractivity contribution in [1.82, 2.24) is 10.3 Å². The summed E-state index contributed by atoms with van der Waals surface area (Å²) in [6.07, 6.45) is 3.03. The second-order valence-electron chi connectivity index (χ2n) is 3.81. The van der Waals surface area contributed by atoms with Crippen LogP contribution in [0.2, 0.25) is 0 Å². The van der Waals surface area contributed by atoms with Gasteiger partial charge in [-0.3, -0.25) is 4.79 Å². The van der Waals surface area contributed by atoms with Gasteiger partial charge in [0.25, 0.3) is 5.91 Å². The van der Waals surface area contributed by atoms with E-state index in [2.05, 4.69) is 14.9 Å². The summed E-state index contributed by atoms with van der Waals surface area (Å²) in [4.78, 5) is 13.7. The number of amides is 1. The van der Waals surface area contributed by atoms with E-state index in [-0.39, 0.29) is 5.91 Å². The van der Waals surface area contributed by atoms with Gasteiger partial charge in [-0.15, -0.1) is 0 Å². The third kappa shape index (κ3) is 1.64. The summed E-state index contributed by atoms with van der Waals surface area (Å²) >= 11 is 0. The maximum atomic E-state index is 12.2. The lowest BCUT2D eigenvalue weighted by Crippen LogP contribution is -2.25. The van der Waals surface area contributed by atoms with Gasteiger partial charge in [-0.05, 0) is 28.5 Å². The molecule has 2 aromatic heterocycles. The number of aromatic nitrogens is 2. The van der Waals surface area contributed by atoms with Gasteiger partial charge >= 0.3 is 0 Å². The number of carbonyl (C=O) groups excluding carboxylic acids is 1. The molecule has 0 N–H and O–H groups in total. The molecule has 6 nitrogen and oxygen atoms in total. The summed E-state index contributed by atoms with van der Waals surface area (Å²) in [5.74, 6) is -0.152. The lowest BCUT2D eigenvalue weighted by molar-refractivity contribution is 0.0993. The van der Waals surface area contributed by atoms with Gasteiger partial charge in [0, 0.05) is 18.7 Å². The molecule has 18 heavy (non-hydrogen) atoms. The zero-order chi connectivity index (χ0) is 12.5. The van der Waals surface area contributed by atoms with Crippen LogP contribution in [0.4, 0.5) is 5.69 Å². The second kappa shape index (κ2) is 3.99. The third-order valence-electron chi connectivity index (χ3n) is 2.70. The SMILES string of the molecule is CN(C(=O)c1ccc2nonc2c1)c1ccoc1. The molecule has 0 aliphatic carbocycles. The highest BCUT2D eigenvalue weighted by atomic mass is 16.6. The van der Waals surface area contributed by atoms with Crippen molar-refractivity contribution in [1.29, 1.82) is 0 Å². The topological polar surface area (TPSA) is 72.4 Å². The van der Waals surface area contributed by atoms with E-state index in [1.54, 1.807) is 31.3 Å². The number of hydrogen-bond acceptors (Lipinski definition) is 5. The van der Waals surface area contributed by atoms with Gasteiger partial charge in [-0.1, -0.05) is 0 Å². The molecule has 0 spiro atoms. The molecule has 2 heterocycles. The van der Waals surface area contributed by atoms with Crippen molar-refractivity contribution in [3.63, 3.8) is 0 Å². The van der Waals surface area contributed by atoms with E-state index < -0.39 is 0 Å². The van der Waals surface area contributed by atoms with Gasteiger partial charge in [-0.25, -0.2) is 4.63 Å². The Hall–Kier alpha value is -2.63. The number of rotatable bonds is 2. The van der Waals surface area contributed by atoms with Gasteiger partial charge in [0.15, 0.2) is 0 Å². The summed E-state index contributed by atoms with van der Waals surface area (Å²) in [5.41, 5.74) is 2.39. The van der Waals surface area contributed by atoms with E-state index in [0.29, 0.717) is 22.3 Å². The average molecular weight is 243 g/mol. The first-order chi connectivity index (χ1) is 8.75. The van der Waals surface area contributed by atoms with Crippen LogP contribution in [0.3, 0.4) is 0 Å². The number of anilines is 1. The van der Waals surface area contributed by atoms with Crippen molar-refractivity contribution >= 4 is 22.6 Å². The number of hydrogen-bond donors (Lipinski definition) is 0. The Kier molecular flexibility index (Phi) is 2.33. The monoisotopic (exact) mass is 243 g/mol. The molecule has 0 fully saturated rings. The minimum atomic E-state index is -0.152. The molecular formula is C12H9N3O3. The minimum Gasteiger partial charge on any atom is -0.470 e. The molecule has 0 radical (unpaired) electrons. The van der Waals surface area contributed by atoms with Crippen LogP contribution >= 0.6 is 0 Å². The first-order valence-corrected chi connectivity index (χ1v) is 5.28. The highest BCUT2D eigenvalue weighted by Gasteiger charge is 2.15. The average Bonchev–Trinajstić information content (AvgIpc) is 3.06. The van der Waals surface area contributed by atoms with E-state index in [1.165, 1.54) is 17.4 Å². The minimum absolute atomic E-state index is 0.152. The Morgan fingerprint density at radius 2 is 2.06 bits per heavy atom. The normalized spacial score (nSPS) is 10.7. The molecule has 0 saturated carbocycles. The molecule has 90 valence electrons. The smallest absolute Gasteiger partial charge is 0.258 e. The molecule has 0 unspecified atom stereocenters. The fourth-order valence-corrected chi connectivity index (χ4v) is 1.67. The van der Waals surface area contributed by atoms with E-state index in [4.69, 9.17) is 4.42 Å². The Labute approximate surface area is 102 Å². The van der Waals surface area contributed by atoms with Gasteiger partial charge in [-0.2, -0.15) is 0 Å². The van der Waals surface area contributed by atoms with Crippen LogP contribution in [0, 0.1) is 0 Å². The third-order valence-corrected chi connectivity index (χ3v) is 2.70. The summed E-state index contributed by atoms with van der Waals surface area (Å²) in [7, 11) is 1.68. The highest BCUT2D eigenvalue weighted by Crippen LogP contribution is 2.18. The Balaban J connectivity index is 1.96. The van der Waals surface area contributed by atoms with Crippen LogP contribution in [0.15, 0.2) is 45.8 Å². The maximum absolute atomic E-state index is 12.2. The zero-order valence-electron chi connectivity index (χ0n) is 9.53. The zero-order valence-corrected chi connectivity index (χ0v) is 9.53. The first-order valence-electron chi connectivity index (χ1n) is 5.28. The summed E-state index contributed by atoms with van der Waals surface area (Å²) in [6, 6.07) is 6.74. The molecule has 3 aromatic rings. The molecule has 1 aromatic carbocycles. The standard InChI is InChI=1S/C12H9N3O3/c1-15(9-4-5-17-7-9)12(16)8-2-3-10-11(6-8)14-18-13-10/h2-7H,1H3. The van der Waals surface area contributed by atoms with Crippen molar-refractivity contribution in [3.05, 3.63) is 42.4 Å². The van der Waals surface area contributed by atoms with Gasteiger partial charge in [0.05, 0.1) is 12.0 Å². The highest BCUT2D eigenvalue weighted by molar-refractivity contribution is 6.07. The molecule has 6 heteroatoms. The van der Waals surface area contributed by atoms with Crippen molar-refractivity contribution < 1.29 is 13.8 Å². The fraction of sp³-hybridized carbons (Fsp3) is 0.0833. The fourth-order valence-electron chi connectivity index (χ4n) is 1.67. The van der Waals surface area contributed by atoms with E-state index in [0.717, 1.165) is 0 Å². The van der Waals surface area contributed by atoms with Gasteiger partial charge in [0.2, 0.25) is 0 Å². The molecule has 0 aliphatic heterocycles. The van der Waals surface area contributed by atoms with Crippen LogP contribution < -0.4 is 4.90 Å². The van der Waals surface area contributed by atoms with Gasteiger partial charge in [0.1, 0.15) is 17.3 Å². The van der Waals surface area contributed by atoms with Crippen molar-refractivity contribution in [3.8, 4) is 0 Å². The molecule has 0 bridgehead atoms. The summed E-state index contributed by atoms with van der Waals surface area (Å²) in [5, 5.41) is 7.40. The molecular weight excluding hydrogens is 234 g/mol.